The summed E-state index contributed by atoms with van der Waals surface area (Å²) < 4.78 is 4.18. The number of hydrogen-bond donors (Lipinski definition) is 1. The molecule has 0 spiro atoms. The molecule has 0 radical (unpaired) electrons. The first kappa shape index (κ1) is 13.2. The summed E-state index contributed by atoms with van der Waals surface area (Å²) in [5, 5.41) is 0. The van der Waals surface area contributed by atoms with Crippen LogP contribution in [0.25, 0.3) is 11.4 Å². The van der Waals surface area contributed by atoms with Crippen molar-refractivity contribution in [1.29, 1.82) is 0 Å². The molecule has 5 nitrogen and oxygen atoms in total. The van der Waals surface area contributed by atoms with Gasteiger partial charge in [-0.15, -0.1) is 0 Å². The molecule has 2 aromatic heterocycles. The lowest BCUT2D eigenvalue weighted by Gasteiger charge is -2.17. The highest BCUT2D eigenvalue weighted by atomic mass is 15.2. The molecular formula is C15H23N5. The topological polar surface area (TPSA) is 61.7 Å². The number of rotatable bonds is 3. The van der Waals surface area contributed by atoms with E-state index in [4.69, 9.17) is 10.7 Å². The smallest absolute Gasteiger partial charge is 0.133 e. The molecule has 1 saturated carbocycles. The van der Waals surface area contributed by atoms with Crippen molar-refractivity contribution in [3.8, 4) is 11.4 Å². The summed E-state index contributed by atoms with van der Waals surface area (Å²) in [6.45, 7) is 4.34. The SMILES string of the molecule is CC(C)n1c(C2CCCC2)nc(-c2cncn2C)c1N. The van der Waals surface area contributed by atoms with Crippen LogP contribution in [0.15, 0.2) is 12.5 Å². The molecular weight excluding hydrogens is 250 g/mol. The van der Waals surface area contributed by atoms with Crippen LogP contribution >= 0.6 is 0 Å². The molecule has 0 atom stereocenters. The van der Waals surface area contributed by atoms with Crippen molar-refractivity contribution in [1.82, 2.24) is 19.1 Å². The highest BCUT2D eigenvalue weighted by Crippen LogP contribution is 2.38. The summed E-state index contributed by atoms with van der Waals surface area (Å²) in [5.74, 6) is 2.48. The van der Waals surface area contributed by atoms with E-state index < -0.39 is 0 Å². The van der Waals surface area contributed by atoms with Crippen LogP contribution in [0.4, 0.5) is 5.82 Å². The average molecular weight is 273 g/mol. The van der Waals surface area contributed by atoms with Crippen LogP contribution in [-0.4, -0.2) is 19.1 Å². The number of nitrogens with two attached hydrogens (primary N) is 1. The van der Waals surface area contributed by atoms with Gasteiger partial charge in [0.15, 0.2) is 0 Å². The second-order valence-electron chi connectivity index (χ2n) is 6.04. The zero-order valence-corrected chi connectivity index (χ0v) is 12.5. The minimum absolute atomic E-state index is 0.333. The summed E-state index contributed by atoms with van der Waals surface area (Å²) >= 11 is 0. The summed E-state index contributed by atoms with van der Waals surface area (Å²) in [5.41, 5.74) is 8.25. The number of aryl methyl sites for hydroxylation is 1. The van der Waals surface area contributed by atoms with E-state index >= 15 is 0 Å². The fraction of sp³-hybridized carbons (Fsp3) is 0.600. The van der Waals surface area contributed by atoms with Crippen LogP contribution in [0.2, 0.25) is 0 Å². The molecule has 1 aliphatic rings. The number of anilines is 1. The molecule has 0 bridgehead atoms. The molecule has 5 heteroatoms. The van der Waals surface area contributed by atoms with Crippen LogP contribution in [-0.2, 0) is 7.05 Å². The first-order valence-corrected chi connectivity index (χ1v) is 7.44. The molecule has 2 aromatic rings. The number of hydrogen-bond acceptors (Lipinski definition) is 3. The number of nitrogens with zero attached hydrogens (tertiary/aromatic N) is 4. The Balaban J connectivity index is 2.13. The van der Waals surface area contributed by atoms with Gasteiger partial charge in [-0.05, 0) is 26.7 Å². The monoisotopic (exact) mass is 273 g/mol. The quantitative estimate of drug-likeness (QED) is 0.934. The normalized spacial score (nSPS) is 16.4. The van der Waals surface area contributed by atoms with Gasteiger partial charge in [0.05, 0.1) is 18.2 Å². The second kappa shape index (κ2) is 4.96. The highest BCUT2D eigenvalue weighted by Gasteiger charge is 2.27. The average Bonchev–Trinajstić information content (AvgIpc) is 3.08. The van der Waals surface area contributed by atoms with Crippen molar-refractivity contribution in [3.05, 3.63) is 18.3 Å². The Kier molecular flexibility index (Phi) is 3.28. The van der Waals surface area contributed by atoms with Gasteiger partial charge in [0, 0.05) is 19.0 Å². The minimum atomic E-state index is 0.333. The summed E-state index contributed by atoms with van der Waals surface area (Å²) in [7, 11) is 1.98. The molecule has 1 fully saturated rings. The summed E-state index contributed by atoms with van der Waals surface area (Å²) in [6.07, 6.45) is 8.69. The van der Waals surface area contributed by atoms with Crippen LogP contribution in [0.5, 0.6) is 0 Å². The Morgan fingerprint density at radius 3 is 2.55 bits per heavy atom. The summed E-state index contributed by atoms with van der Waals surface area (Å²) in [6, 6.07) is 0.333. The Morgan fingerprint density at radius 1 is 1.30 bits per heavy atom. The van der Waals surface area contributed by atoms with E-state index in [0.717, 1.165) is 23.0 Å². The molecule has 1 aliphatic carbocycles. The fourth-order valence-corrected chi connectivity index (χ4v) is 3.25. The maximum atomic E-state index is 6.39. The van der Waals surface area contributed by atoms with Crippen molar-refractivity contribution < 1.29 is 0 Å². The number of imidazole rings is 2. The molecule has 2 heterocycles. The van der Waals surface area contributed by atoms with Crippen molar-refractivity contribution in [2.45, 2.75) is 51.5 Å². The molecule has 0 unspecified atom stereocenters. The van der Waals surface area contributed by atoms with E-state index in [1.165, 1.54) is 25.7 Å². The Bertz CT molecular complexity index is 602. The van der Waals surface area contributed by atoms with Crippen LogP contribution in [0, 0.1) is 0 Å². The van der Waals surface area contributed by atoms with Crippen LogP contribution < -0.4 is 5.73 Å². The van der Waals surface area contributed by atoms with Gasteiger partial charge in [0.2, 0.25) is 0 Å². The fourth-order valence-electron chi connectivity index (χ4n) is 3.25. The van der Waals surface area contributed by atoms with E-state index in [-0.39, 0.29) is 0 Å². The van der Waals surface area contributed by atoms with E-state index in [2.05, 4.69) is 23.4 Å². The molecule has 2 N–H and O–H groups in total. The van der Waals surface area contributed by atoms with Gasteiger partial charge in [-0.1, -0.05) is 12.8 Å². The lowest BCUT2D eigenvalue weighted by molar-refractivity contribution is 0.534. The lowest BCUT2D eigenvalue weighted by Crippen LogP contribution is -2.11. The maximum absolute atomic E-state index is 6.39. The molecule has 3 rings (SSSR count). The highest BCUT2D eigenvalue weighted by molar-refractivity contribution is 5.68. The molecule has 0 aliphatic heterocycles. The van der Waals surface area contributed by atoms with Gasteiger partial charge >= 0.3 is 0 Å². The third kappa shape index (κ3) is 2.01. The zero-order valence-electron chi connectivity index (χ0n) is 12.5. The van der Waals surface area contributed by atoms with Gasteiger partial charge in [-0.3, -0.25) is 0 Å². The zero-order chi connectivity index (χ0) is 14.3. The van der Waals surface area contributed by atoms with Crippen molar-refractivity contribution in [3.63, 3.8) is 0 Å². The first-order valence-electron chi connectivity index (χ1n) is 7.44. The van der Waals surface area contributed by atoms with Gasteiger partial charge in [-0.25, -0.2) is 9.97 Å². The van der Waals surface area contributed by atoms with Gasteiger partial charge < -0.3 is 14.9 Å². The third-order valence-electron chi connectivity index (χ3n) is 4.27. The standard InChI is InChI=1S/C15H23N5/c1-10(2)20-14(16)13(12-8-17-9-19(12)3)18-15(20)11-6-4-5-7-11/h8-11H,4-7,16H2,1-3H3. The van der Waals surface area contributed by atoms with Gasteiger partial charge in [0.25, 0.3) is 0 Å². The second-order valence-corrected chi connectivity index (χ2v) is 6.04. The first-order chi connectivity index (χ1) is 9.59. The molecule has 0 saturated heterocycles. The van der Waals surface area contributed by atoms with E-state index in [9.17, 15) is 0 Å². The van der Waals surface area contributed by atoms with E-state index in [1.54, 1.807) is 6.33 Å². The predicted molar refractivity (Wildman–Crippen MR) is 80.4 cm³/mol. The largest absolute Gasteiger partial charge is 0.383 e. The minimum Gasteiger partial charge on any atom is -0.383 e. The van der Waals surface area contributed by atoms with Crippen molar-refractivity contribution in [2.75, 3.05) is 5.73 Å². The van der Waals surface area contributed by atoms with E-state index in [1.807, 2.05) is 17.8 Å². The van der Waals surface area contributed by atoms with Gasteiger partial charge in [0.1, 0.15) is 17.3 Å². The Morgan fingerprint density at radius 2 is 2.00 bits per heavy atom. The summed E-state index contributed by atoms with van der Waals surface area (Å²) in [4.78, 5) is 9.07. The number of nitrogen functional groups attached to an aromatic ring is 1. The van der Waals surface area contributed by atoms with Crippen molar-refractivity contribution in [2.24, 2.45) is 7.05 Å². The third-order valence-corrected chi connectivity index (χ3v) is 4.27. The number of aromatic nitrogens is 4. The molecule has 20 heavy (non-hydrogen) atoms. The van der Waals surface area contributed by atoms with Crippen LogP contribution in [0.3, 0.4) is 0 Å². The van der Waals surface area contributed by atoms with E-state index in [0.29, 0.717) is 12.0 Å². The van der Waals surface area contributed by atoms with Crippen molar-refractivity contribution >= 4 is 5.82 Å². The van der Waals surface area contributed by atoms with Crippen LogP contribution in [0.1, 0.15) is 57.3 Å². The molecule has 0 aromatic carbocycles. The van der Waals surface area contributed by atoms with Gasteiger partial charge in [-0.2, -0.15) is 0 Å². The molecule has 0 amide bonds. The molecule has 108 valence electrons. The lowest BCUT2D eigenvalue weighted by atomic mass is 10.1. The maximum Gasteiger partial charge on any atom is 0.133 e. The Hall–Kier alpha value is -1.78. The Labute approximate surface area is 119 Å². The predicted octanol–water partition coefficient (Wildman–Crippen LogP) is 3.10.